The first-order valence-electron chi connectivity index (χ1n) is 18.0. The third-order valence-corrected chi connectivity index (χ3v) is 11.4. The Morgan fingerprint density at radius 2 is 1.09 bits per heavy atom. The molecule has 0 saturated carbocycles. The normalized spacial score (nSPS) is 12.5. The van der Waals surface area contributed by atoms with Crippen LogP contribution in [0.2, 0.25) is 0 Å². The molecule has 13 aromatic rings. The Kier molecular flexibility index (Phi) is 5.06. The summed E-state index contributed by atoms with van der Waals surface area (Å²) in [5.74, 6) is 0.581. The van der Waals surface area contributed by atoms with Crippen molar-refractivity contribution in [2.45, 2.75) is 0 Å². The van der Waals surface area contributed by atoms with Crippen molar-refractivity contribution in [2.24, 2.45) is 0 Å². The predicted molar refractivity (Wildman–Crippen MR) is 219 cm³/mol. The Bertz CT molecular complexity index is 3700. The number of benzene rings is 8. The summed E-state index contributed by atoms with van der Waals surface area (Å²) in [6, 6.07) is 56.4. The van der Waals surface area contributed by atoms with E-state index in [1.807, 2.05) is 12.1 Å². The van der Waals surface area contributed by atoms with Crippen LogP contribution in [0.5, 0.6) is 0 Å². The van der Waals surface area contributed by atoms with Gasteiger partial charge in [0.1, 0.15) is 5.58 Å². The molecule has 0 spiro atoms. The Morgan fingerprint density at radius 3 is 1.96 bits per heavy atom. The van der Waals surface area contributed by atoms with Crippen LogP contribution in [-0.2, 0) is 0 Å². The first-order chi connectivity index (χ1) is 26.3. The van der Waals surface area contributed by atoms with Crippen LogP contribution < -0.4 is 0 Å². The van der Waals surface area contributed by atoms with Gasteiger partial charge in [0.2, 0.25) is 11.7 Å². The molecule has 0 fully saturated rings. The maximum absolute atomic E-state index is 6.60. The lowest BCUT2D eigenvalue weighted by atomic mass is 10.0. The van der Waals surface area contributed by atoms with Gasteiger partial charge in [-0.1, -0.05) is 121 Å². The van der Waals surface area contributed by atoms with Crippen LogP contribution in [0.25, 0.3) is 121 Å². The van der Waals surface area contributed by atoms with E-state index < -0.39 is 0 Å². The van der Waals surface area contributed by atoms with E-state index in [1.54, 1.807) is 0 Å². The summed E-state index contributed by atoms with van der Waals surface area (Å²) >= 11 is 0. The van der Waals surface area contributed by atoms with Gasteiger partial charge >= 0.3 is 0 Å². The fourth-order valence-corrected chi connectivity index (χ4v) is 9.24. The van der Waals surface area contributed by atoms with E-state index in [-0.39, 0.29) is 0 Å². The average molecular weight is 675 g/mol. The van der Waals surface area contributed by atoms with E-state index in [0.717, 1.165) is 44.0 Å². The van der Waals surface area contributed by atoms with Crippen molar-refractivity contribution in [1.29, 1.82) is 0 Å². The van der Waals surface area contributed by atoms with Crippen molar-refractivity contribution in [3.8, 4) is 17.2 Å². The number of hydrogen-bond donors (Lipinski definition) is 0. The van der Waals surface area contributed by atoms with Gasteiger partial charge < -0.3 is 8.82 Å². The Labute approximate surface area is 300 Å². The van der Waals surface area contributed by atoms with Crippen LogP contribution in [0.15, 0.2) is 162 Å². The van der Waals surface area contributed by atoms with Gasteiger partial charge in [-0.3, -0.25) is 4.57 Å². The van der Waals surface area contributed by atoms with Crippen LogP contribution in [-0.4, -0.2) is 18.9 Å². The number of fused-ring (bicyclic) bond motifs is 16. The minimum atomic E-state index is 0.571. The number of nitrogens with zero attached hydrogens (tertiary/aromatic N) is 4. The minimum absolute atomic E-state index is 0.571. The van der Waals surface area contributed by atoms with Crippen molar-refractivity contribution in [1.82, 2.24) is 18.9 Å². The second-order valence-electron chi connectivity index (χ2n) is 14.1. The highest BCUT2D eigenvalue weighted by Gasteiger charge is 2.27. The lowest BCUT2D eigenvalue weighted by Gasteiger charge is -2.11. The van der Waals surface area contributed by atoms with E-state index in [4.69, 9.17) is 14.4 Å². The molecule has 0 aliphatic carbocycles. The summed E-state index contributed by atoms with van der Waals surface area (Å²) in [4.78, 5) is 10.9. The van der Waals surface area contributed by atoms with Gasteiger partial charge in [-0.15, -0.1) is 0 Å². The van der Waals surface area contributed by atoms with Gasteiger partial charge in [0.05, 0.1) is 38.7 Å². The third-order valence-electron chi connectivity index (χ3n) is 11.4. The molecule has 0 N–H and O–H groups in total. The molecule has 0 bridgehead atoms. The van der Waals surface area contributed by atoms with Gasteiger partial charge in [0.15, 0.2) is 0 Å². The van der Waals surface area contributed by atoms with Crippen molar-refractivity contribution in [2.75, 3.05) is 0 Å². The first-order valence-corrected chi connectivity index (χ1v) is 18.0. The van der Waals surface area contributed by atoms with Crippen LogP contribution in [0.4, 0.5) is 0 Å². The van der Waals surface area contributed by atoms with Gasteiger partial charge in [-0.25, -0.2) is 4.98 Å². The van der Waals surface area contributed by atoms with Gasteiger partial charge in [0, 0.05) is 43.3 Å². The zero-order valence-corrected chi connectivity index (χ0v) is 28.2. The van der Waals surface area contributed by atoms with Crippen molar-refractivity contribution >= 4 is 104 Å². The standard InChI is InChI=1S/C48H26N4O/c1-2-13-29-25-30(22-21-27(29)11-1)44-42-34-17-7-10-20-40(34)53-47(42)50-48(49-44)52-39-24-23-28-12-3-4-14-31(28)41(39)36-26-35-32-15-5-8-18-37(32)51-38-19-9-6-16-33(38)43(45(35)51)46(36)52/h1-26H. The van der Waals surface area contributed by atoms with Crippen LogP contribution >= 0.6 is 0 Å². The highest BCUT2D eigenvalue weighted by atomic mass is 16.3. The highest BCUT2D eigenvalue weighted by Crippen LogP contribution is 2.48. The Hall–Kier alpha value is -7.24. The molecule has 0 saturated heterocycles. The zero-order chi connectivity index (χ0) is 34.4. The van der Waals surface area contributed by atoms with Crippen LogP contribution in [0.1, 0.15) is 0 Å². The molecule has 5 aromatic heterocycles. The summed E-state index contributed by atoms with van der Waals surface area (Å²) in [6.45, 7) is 0. The molecule has 13 rings (SSSR count). The molecule has 5 heterocycles. The summed E-state index contributed by atoms with van der Waals surface area (Å²) in [5.41, 5.74) is 9.00. The minimum Gasteiger partial charge on any atom is -0.437 e. The average Bonchev–Trinajstić information content (AvgIpc) is 3.95. The molecule has 244 valence electrons. The van der Waals surface area contributed by atoms with Crippen molar-refractivity contribution in [3.05, 3.63) is 158 Å². The molecule has 53 heavy (non-hydrogen) atoms. The molecular formula is C48H26N4O. The smallest absolute Gasteiger partial charge is 0.238 e. The van der Waals surface area contributed by atoms with E-state index in [1.165, 1.54) is 65.0 Å². The van der Waals surface area contributed by atoms with Crippen LogP contribution in [0.3, 0.4) is 0 Å². The molecule has 5 nitrogen and oxygen atoms in total. The molecule has 0 unspecified atom stereocenters. The highest BCUT2D eigenvalue weighted by molar-refractivity contribution is 6.36. The second kappa shape index (κ2) is 9.75. The van der Waals surface area contributed by atoms with E-state index >= 15 is 0 Å². The Morgan fingerprint density at radius 1 is 0.415 bits per heavy atom. The fourth-order valence-electron chi connectivity index (χ4n) is 9.24. The van der Waals surface area contributed by atoms with Crippen molar-refractivity contribution < 1.29 is 4.42 Å². The number of hydrogen-bond acceptors (Lipinski definition) is 3. The van der Waals surface area contributed by atoms with E-state index in [0.29, 0.717) is 11.7 Å². The monoisotopic (exact) mass is 674 g/mol. The summed E-state index contributed by atoms with van der Waals surface area (Å²) in [6.07, 6.45) is 0. The largest absolute Gasteiger partial charge is 0.437 e. The molecule has 5 heteroatoms. The molecule has 0 atom stereocenters. The predicted octanol–water partition coefficient (Wildman–Crippen LogP) is 12.6. The summed E-state index contributed by atoms with van der Waals surface area (Å²) in [5, 5.41) is 13.9. The van der Waals surface area contributed by atoms with Crippen LogP contribution in [0, 0.1) is 0 Å². The lowest BCUT2D eigenvalue weighted by Crippen LogP contribution is -2.03. The quantitative estimate of drug-likeness (QED) is 0.183. The Balaban J connectivity index is 1.27. The number of aromatic nitrogens is 4. The molecule has 0 amide bonds. The fraction of sp³-hybridized carbons (Fsp3) is 0. The van der Waals surface area contributed by atoms with Crippen molar-refractivity contribution in [3.63, 3.8) is 0 Å². The lowest BCUT2D eigenvalue weighted by molar-refractivity contribution is 0.651. The topological polar surface area (TPSA) is 48.3 Å². The molecule has 0 radical (unpaired) electrons. The summed E-state index contributed by atoms with van der Waals surface area (Å²) < 4.78 is 11.3. The molecule has 0 aliphatic heterocycles. The molecular weight excluding hydrogens is 649 g/mol. The number of para-hydroxylation sites is 3. The van der Waals surface area contributed by atoms with E-state index in [9.17, 15) is 0 Å². The molecule has 0 aliphatic rings. The number of rotatable bonds is 2. The zero-order valence-electron chi connectivity index (χ0n) is 28.2. The third kappa shape index (κ3) is 3.46. The second-order valence-corrected chi connectivity index (χ2v) is 14.1. The summed E-state index contributed by atoms with van der Waals surface area (Å²) in [7, 11) is 0. The maximum atomic E-state index is 6.60. The molecule has 8 aromatic carbocycles. The number of furan rings is 1. The first kappa shape index (κ1) is 27.5. The van der Waals surface area contributed by atoms with Gasteiger partial charge in [-0.05, 0) is 57.9 Å². The SMILES string of the molecule is c1ccc2cc(-c3nc(-n4c5ccc6ccccc6c5c5cc6c7ccccc7n7c8ccccc8c(c54)c67)nc4oc5ccccc5c34)ccc2c1. The van der Waals surface area contributed by atoms with Gasteiger partial charge in [0.25, 0.3) is 0 Å². The van der Waals surface area contributed by atoms with E-state index in [2.05, 4.69) is 155 Å². The van der Waals surface area contributed by atoms with Gasteiger partial charge in [-0.2, -0.15) is 4.98 Å². The maximum Gasteiger partial charge on any atom is 0.238 e.